The van der Waals surface area contributed by atoms with Gasteiger partial charge in [-0.05, 0) is 25.0 Å². The Morgan fingerprint density at radius 3 is 2.53 bits per heavy atom. The van der Waals surface area contributed by atoms with Crippen LogP contribution in [0.5, 0.6) is 0 Å². The van der Waals surface area contributed by atoms with Crippen molar-refractivity contribution in [3.05, 3.63) is 35.6 Å². The number of benzene rings is 1. The van der Waals surface area contributed by atoms with Crippen LogP contribution in [-0.4, -0.2) is 30.2 Å². The molecular weight excluding hydrogens is 221 g/mol. The highest BCUT2D eigenvalue weighted by atomic mass is 19.1. The molecule has 17 heavy (non-hydrogen) atoms. The van der Waals surface area contributed by atoms with E-state index < -0.39 is 5.82 Å². The molecule has 1 aliphatic rings. The predicted molar refractivity (Wildman–Crippen MR) is 61.1 cm³/mol. The summed E-state index contributed by atoms with van der Waals surface area (Å²) in [6, 6.07) is 6.05. The first-order valence-corrected chi connectivity index (χ1v) is 5.70. The van der Waals surface area contributed by atoms with Crippen molar-refractivity contribution >= 4 is 12.2 Å². The highest BCUT2D eigenvalue weighted by Crippen LogP contribution is 2.22. The van der Waals surface area contributed by atoms with E-state index in [1.165, 1.54) is 12.1 Å². The van der Waals surface area contributed by atoms with Gasteiger partial charge in [-0.15, -0.1) is 0 Å². The number of amides is 1. The summed E-state index contributed by atoms with van der Waals surface area (Å²) >= 11 is 0. The second-order valence-corrected chi connectivity index (χ2v) is 4.26. The molecule has 1 aromatic carbocycles. The molecular formula is C13H14FNO2. The number of carbonyl (C=O) groups excluding carboxylic acids is 2. The maximum Gasteiger partial charge on any atom is 0.209 e. The van der Waals surface area contributed by atoms with Crippen molar-refractivity contribution in [2.75, 3.05) is 13.1 Å². The average Bonchev–Trinajstić information content (AvgIpc) is 2.39. The summed E-state index contributed by atoms with van der Waals surface area (Å²) in [5.41, 5.74) is 0.164. The fraction of sp³-hybridized carbons (Fsp3) is 0.385. The van der Waals surface area contributed by atoms with E-state index in [0.29, 0.717) is 25.9 Å². The van der Waals surface area contributed by atoms with Gasteiger partial charge in [-0.2, -0.15) is 0 Å². The van der Waals surface area contributed by atoms with E-state index in [4.69, 9.17) is 0 Å². The highest BCUT2D eigenvalue weighted by molar-refractivity contribution is 5.98. The molecule has 0 radical (unpaired) electrons. The van der Waals surface area contributed by atoms with Crippen molar-refractivity contribution < 1.29 is 14.0 Å². The summed E-state index contributed by atoms with van der Waals surface area (Å²) in [5, 5.41) is 0. The first-order valence-electron chi connectivity index (χ1n) is 5.70. The Labute approximate surface area is 99.2 Å². The smallest absolute Gasteiger partial charge is 0.209 e. The maximum absolute atomic E-state index is 13.5. The molecule has 1 fully saturated rings. The molecule has 1 saturated heterocycles. The summed E-state index contributed by atoms with van der Waals surface area (Å²) < 4.78 is 13.5. The SMILES string of the molecule is O=CN1CCC(C(=O)c2ccccc2F)CC1. The molecule has 0 bridgehead atoms. The van der Waals surface area contributed by atoms with E-state index in [0.717, 1.165) is 6.41 Å². The van der Waals surface area contributed by atoms with Crippen LogP contribution in [0, 0.1) is 11.7 Å². The number of likely N-dealkylation sites (tertiary alicyclic amines) is 1. The number of halogens is 1. The average molecular weight is 235 g/mol. The number of ketones is 1. The zero-order valence-electron chi connectivity index (χ0n) is 9.43. The van der Waals surface area contributed by atoms with Crippen LogP contribution in [-0.2, 0) is 4.79 Å². The van der Waals surface area contributed by atoms with Gasteiger partial charge in [-0.1, -0.05) is 12.1 Å². The van der Waals surface area contributed by atoms with Crippen LogP contribution in [0.3, 0.4) is 0 Å². The lowest BCUT2D eigenvalue weighted by Gasteiger charge is -2.28. The second kappa shape index (κ2) is 5.08. The van der Waals surface area contributed by atoms with Crippen molar-refractivity contribution in [3.8, 4) is 0 Å². The lowest BCUT2D eigenvalue weighted by molar-refractivity contribution is -0.119. The zero-order chi connectivity index (χ0) is 12.3. The van der Waals surface area contributed by atoms with Gasteiger partial charge >= 0.3 is 0 Å². The Bertz CT molecular complexity index is 425. The van der Waals surface area contributed by atoms with Crippen LogP contribution in [0.25, 0.3) is 0 Å². The van der Waals surface area contributed by atoms with Gasteiger partial charge < -0.3 is 4.90 Å². The third-order valence-electron chi connectivity index (χ3n) is 3.19. The van der Waals surface area contributed by atoms with Gasteiger partial charge in [0, 0.05) is 19.0 Å². The number of piperidine rings is 1. The van der Waals surface area contributed by atoms with E-state index in [1.54, 1.807) is 17.0 Å². The number of rotatable bonds is 3. The minimum Gasteiger partial charge on any atom is -0.345 e. The quantitative estimate of drug-likeness (QED) is 0.592. The third-order valence-corrected chi connectivity index (χ3v) is 3.19. The Morgan fingerprint density at radius 1 is 1.29 bits per heavy atom. The van der Waals surface area contributed by atoms with Gasteiger partial charge in [0.15, 0.2) is 5.78 Å². The normalized spacial score (nSPS) is 16.9. The number of Topliss-reactive ketones (excluding diaryl/α,β-unsaturated/α-hetero) is 1. The van der Waals surface area contributed by atoms with Crippen LogP contribution >= 0.6 is 0 Å². The van der Waals surface area contributed by atoms with E-state index in [9.17, 15) is 14.0 Å². The molecule has 2 rings (SSSR count). The van der Waals surface area contributed by atoms with Crippen molar-refractivity contribution in [3.63, 3.8) is 0 Å². The second-order valence-electron chi connectivity index (χ2n) is 4.26. The van der Waals surface area contributed by atoms with E-state index in [-0.39, 0.29) is 17.3 Å². The Hall–Kier alpha value is -1.71. The Balaban J connectivity index is 2.07. The number of nitrogens with zero attached hydrogens (tertiary/aromatic N) is 1. The Kier molecular flexibility index (Phi) is 3.52. The molecule has 1 amide bonds. The first kappa shape index (κ1) is 11.8. The third kappa shape index (κ3) is 2.52. The largest absolute Gasteiger partial charge is 0.345 e. The standard InChI is InChI=1S/C13H14FNO2/c14-12-4-2-1-3-11(12)13(17)10-5-7-15(9-16)8-6-10/h1-4,9-10H,5-8H2. The molecule has 4 heteroatoms. The summed E-state index contributed by atoms with van der Waals surface area (Å²) in [6.45, 7) is 1.16. The fourth-order valence-corrected chi connectivity index (χ4v) is 2.15. The molecule has 1 aliphatic heterocycles. The molecule has 0 atom stereocenters. The monoisotopic (exact) mass is 235 g/mol. The van der Waals surface area contributed by atoms with Crippen LogP contribution in [0.15, 0.2) is 24.3 Å². The fourth-order valence-electron chi connectivity index (χ4n) is 2.15. The molecule has 1 aromatic rings. The molecule has 0 aliphatic carbocycles. The molecule has 0 N–H and O–H groups in total. The van der Waals surface area contributed by atoms with E-state index >= 15 is 0 Å². The van der Waals surface area contributed by atoms with Gasteiger partial charge in [0.25, 0.3) is 0 Å². The van der Waals surface area contributed by atoms with Crippen LogP contribution in [0.4, 0.5) is 4.39 Å². The molecule has 0 unspecified atom stereocenters. The highest BCUT2D eigenvalue weighted by Gasteiger charge is 2.26. The molecule has 3 nitrogen and oxygen atoms in total. The van der Waals surface area contributed by atoms with Gasteiger partial charge in [0.1, 0.15) is 5.82 Å². The van der Waals surface area contributed by atoms with Gasteiger partial charge in [0.05, 0.1) is 5.56 Å². The van der Waals surface area contributed by atoms with Crippen molar-refractivity contribution in [2.45, 2.75) is 12.8 Å². The van der Waals surface area contributed by atoms with Gasteiger partial charge in [-0.3, -0.25) is 9.59 Å². The molecule has 0 spiro atoms. The number of hydrogen-bond acceptors (Lipinski definition) is 2. The van der Waals surface area contributed by atoms with E-state index in [2.05, 4.69) is 0 Å². The van der Waals surface area contributed by atoms with Crippen molar-refractivity contribution in [1.29, 1.82) is 0 Å². The minimum absolute atomic E-state index is 0.145. The van der Waals surface area contributed by atoms with Crippen LogP contribution < -0.4 is 0 Å². The number of hydrogen-bond donors (Lipinski definition) is 0. The van der Waals surface area contributed by atoms with E-state index in [1.807, 2.05) is 0 Å². The minimum atomic E-state index is -0.463. The van der Waals surface area contributed by atoms with Crippen LogP contribution in [0.2, 0.25) is 0 Å². The van der Waals surface area contributed by atoms with Gasteiger partial charge in [0.2, 0.25) is 6.41 Å². The predicted octanol–water partition coefficient (Wildman–Crippen LogP) is 1.88. The summed E-state index contributed by atoms with van der Waals surface area (Å²) in [7, 11) is 0. The molecule has 0 saturated carbocycles. The topological polar surface area (TPSA) is 37.4 Å². The van der Waals surface area contributed by atoms with Gasteiger partial charge in [-0.25, -0.2) is 4.39 Å². The first-order chi connectivity index (χ1) is 8.22. The molecule has 0 aromatic heterocycles. The maximum atomic E-state index is 13.5. The summed E-state index contributed by atoms with van der Waals surface area (Å²) in [5.74, 6) is -0.771. The lowest BCUT2D eigenvalue weighted by atomic mass is 9.89. The molecule has 1 heterocycles. The van der Waals surface area contributed by atoms with Crippen molar-refractivity contribution in [1.82, 2.24) is 4.90 Å². The molecule has 90 valence electrons. The summed E-state index contributed by atoms with van der Waals surface area (Å²) in [4.78, 5) is 24.3. The Morgan fingerprint density at radius 2 is 1.94 bits per heavy atom. The van der Waals surface area contributed by atoms with Crippen LogP contribution in [0.1, 0.15) is 23.2 Å². The number of carbonyl (C=O) groups is 2. The lowest BCUT2D eigenvalue weighted by Crippen LogP contribution is -2.35. The van der Waals surface area contributed by atoms with Crippen molar-refractivity contribution in [2.24, 2.45) is 5.92 Å². The zero-order valence-corrected chi connectivity index (χ0v) is 9.43. The summed E-state index contributed by atoms with van der Waals surface area (Å²) in [6.07, 6.45) is 2.03.